The van der Waals surface area contributed by atoms with Gasteiger partial charge in [-0.3, -0.25) is 9.59 Å². The molecule has 15 heavy (non-hydrogen) atoms. The highest BCUT2D eigenvalue weighted by molar-refractivity contribution is 5.81. The minimum atomic E-state index is -0.921. The Hall–Kier alpha value is -1.14. The van der Waals surface area contributed by atoms with Gasteiger partial charge in [0, 0.05) is 13.1 Å². The van der Waals surface area contributed by atoms with E-state index in [1.54, 1.807) is 11.8 Å². The van der Waals surface area contributed by atoms with Gasteiger partial charge < -0.3 is 20.5 Å². The zero-order valence-corrected chi connectivity index (χ0v) is 8.68. The molecule has 0 aromatic carbocycles. The van der Waals surface area contributed by atoms with E-state index in [0.29, 0.717) is 19.7 Å². The van der Waals surface area contributed by atoms with Gasteiger partial charge in [-0.1, -0.05) is 0 Å². The second-order valence-corrected chi connectivity index (χ2v) is 3.66. The summed E-state index contributed by atoms with van der Waals surface area (Å²) in [7, 11) is 0. The summed E-state index contributed by atoms with van der Waals surface area (Å²) < 4.78 is 5.23. The Morgan fingerprint density at radius 3 is 2.87 bits per heavy atom. The monoisotopic (exact) mass is 216 g/mol. The molecule has 6 nitrogen and oxygen atoms in total. The molecule has 2 atom stereocenters. The predicted molar refractivity (Wildman–Crippen MR) is 52.2 cm³/mol. The fourth-order valence-electron chi connectivity index (χ4n) is 1.53. The number of carbonyl (C=O) groups is 2. The number of rotatable bonds is 3. The summed E-state index contributed by atoms with van der Waals surface area (Å²) >= 11 is 0. The van der Waals surface area contributed by atoms with Crippen molar-refractivity contribution in [1.29, 1.82) is 0 Å². The lowest BCUT2D eigenvalue weighted by atomic mass is 10.2. The summed E-state index contributed by atoms with van der Waals surface area (Å²) in [5.74, 6) is -1.08. The number of nitrogens with zero attached hydrogens (tertiary/aromatic N) is 1. The lowest BCUT2D eigenvalue weighted by molar-refractivity contribution is -0.148. The molecule has 86 valence electrons. The first kappa shape index (κ1) is 11.9. The number of morpholine rings is 1. The highest BCUT2D eigenvalue weighted by Crippen LogP contribution is 2.09. The maximum Gasteiger partial charge on any atom is 0.306 e. The number of carbonyl (C=O) groups excluding carboxylic acids is 1. The van der Waals surface area contributed by atoms with Crippen LogP contribution in [0.4, 0.5) is 0 Å². The van der Waals surface area contributed by atoms with E-state index >= 15 is 0 Å². The number of aliphatic carboxylic acids is 1. The van der Waals surface area contributed by atoms with Gasteiger partial charge in [-0.25, -0.2) is 0 Å². The molecule has 6 heteroatoms. The van der Waals surface area contributed by atoms with E-state index < -0.39 is 18.1 Å². The van der Waals surface area contributed by atoms with Crippen molar-refractivity contribution in [2.75, 3.05) is 19.7 Å². The van der Waals surface area contributed by atoms with Crippen molar-refractivity contribution in [2.45, 2.75) is 25.5 Å². The third kappa shape index (κ3) is 3.49. The number of ether oxygens (including phenoxy) is 1. The van der Waals surface area contributed by atoms with Gasteiger partial charge in [-0.05, 0) is 6.92 Å². The van der Waals surface area contributed by atoms with E-state index in [1.165, 1.54) is 0 Å². The van der Waals surface area contributed by atoms with Gasteiger partial charge in [0.1, 0.15) is 0 Å². The van der Waals surface area contributed by atoms with Gasteiger partial charge in [0.05, 0.1) is 25.2 Å². The van der Waals surface area contributed by atoms with Crippen LogP contribution in [0.15, 0.2) is 0 Å². The number of hydrogen-bond acceptors (Lipinski definition) is 4. The molecule has 1 unspecified atom stereocenters. The van der Waals surface area contributed by atoms with Crippen molar-refractivity contribution in [1.82, 2.24) is 4.90 Å². The maximum absolute atomic E-state index is 11.5. The number of carboxylic acid groups (broad SMARTS) is 1. The minimum absolute atomic E-state index is 0.0806. The van der Waals surface area contributed by atoms with E-state index in [2.05, 4.69) is 0 Å². The third-order valence-corrected chi connectivity index (χ3v) is 2.24. The molecule has 1 rings (SSSR count). The summed E-state index contributed by atoms with van der Waals surface area (Å²) in [5, 5.41) is 8.59. The maximum atomic E-state index is 11.5. The molecule has 0 bridgehead atoms. The fraction of sp³-hybridized carbons (Fsp3) is 0.778. The first-order valence-corrected chi connectivity index (χ1v) is 4.88. The lowest BCUT2D eigenvalue weighted by Crippen LogP contribution is -2.50. The van der Waals surface area contributed by atoms with Crippen LogP contribution in [0.25, 0.3) is 0 Å². The molecule has 0 aromatic rings. The van der Waals surface area contributed by atoms with Crippen LogP contribution < -0.4 is 5.73 Å². The molecule has 1 saturated heterocycles. The number of hydrogen-bond donors (Lipinski definition) is 2. The van der Waals surface area contributed by atoms with Gasteiger partial charge in [-0.15, -0.1) is 0 Å². The number of carboxylic acids is 1. The van der Waals surface area contributed by atoms with E-state index in [4.69, 9.17) is 15.6 Å². The molecule has 0 aromatic heterocycles. The minimum Gasteiger partial charge on any atom is -0.481 e. The van der Waals surface area contributed by atoms with Gasteiger partial charge in [0.2, 0.25) is 5.91 Å². The second-order valence-electron chi connectivity index (χ2n) is 3.66. The van der Waals surface area contributed by atoms with Gasteiger partial charge in [0.15, 0.2) is 0 Å². The predicted octanol–water partition coefficient (Wildman–Crippen LogP) is -0.964. The Morgan fingerprint density at radius 2 is 2.33 bits per heavy atom. The van der Waals surface area contributed by atoms with Crippen molar-refractivity contribution in [3.63, 3.8) is 0 Å². The molecule has 0 aliphatic carbocycles. The summed E-state index contributed by atoms with van der Waals surface area (Å²) in [4.78, 5) is 23.6. The van der Waals surface area contributed by atoms with Crippen LogP contribution >= 0.6 is 0 Å². The van der Waals surface area contributed by atoms with E-state index in [0.717, 1.165) is 0 Å². The van der Waals surface area contributed by atoms with Gasteiger partial charge >= 0.3 is 5.97 Å². The molecule has 1 amide bonds. The Morgan fingerprint density at radius 1 is 1.67 bits per heavy atom. The molecule has 3 N–H and O–H groups in total. The lowest BCUT2D eigenvalue weighted by Gasteiger charge is -2.33. The molecule has 1 aliphatic heterocycles. The molecule has 1 fully saturated rings. The average Bonchev–Trinajstić information content (AvgIpc) is 2.16. The van der Waals surface area contributed by atoms with E-state index in [1.807, 2.05) is 0 Å². The summed E-state index contributed by atoms with van der Waals surface area (Å²) in [6.45, 7) is 2.78. The van der Waals surface area contributed by atoms with Crippen molar-refractivity contribution in [2.24, 2.45) is 5.73 Å². The number of amides is 1. The van der Waals surface area contributed by atoms with Crippen LogP contribution in [0.3, 0.4) is 0 Å². The zero-order valence-electron chi connectivity index (χ0n) is 8.68. The molecule has 1 aliphatic rings. The molecule has 0 saturated carbocycles. The normalized spacial score (nSPS) is 23.6. The summed E-state index contributed by atoms with van der Waals surface area (Å²) in [5.41, 5.74) is 5.47. The SMILES string of the molecule is C[C@@H](N)C(=O)N1CCOC(CC(=O)O)C1. The highest BCUT2D eigenvalue weighted by atomic mass is 16.5. The fourth-order valence-corrected chi connectivity index (χ4v) is 1.53. The smallest absolute Gasteiger partial charge is 0.306 e. The van der Waals surface area contributed by atoms with Crippen LogP contribution in [-0.2, 0) is 14.3 Å². The van der Waals surface area contributed by atoms with Crippen LogP contribution in [0.2, 0.25) is 0 Å². The van der Waals surface area contributed by atoms with Crippen LogP contribution in [-0.4, -0.2) is 53.7 Å². The van der Waals surface area contributed by atoms with Gasteiger partial charge in [-0.2, -0.15) is 0 Å². The Balaban J connectivity index is 2.48. The van der Waals surface area contributed by atoms with Crippen LogP contribution in [0, 0.1) is 0 Å². The molecule has 0 radical (unpaired) electrons. The largest absolute Gasteiger partial charge is 0.481 e. The van der Waals surface area contributed by atoms with Crippen molar-refractivity contribution >= 4 is 11.9 Å². The quantitative estimate of drug-likeness (QED) is 0.633. The zero-order chi connectivity index (χ0) is 11.4. The van der Waals surface area contributed by atoms with Crippen molar-refractivity contribution < 1.29 is 19.4 Å². The van der Waals surface area contributed by atoms with Crippen molar-refractivity contribution in [3.8, 4) is 0 Å². The highest BCUT2D eigenvalue weighted by Gasteiger charge is 2.27. The Labute approximate surface area is 88.0 Å². The van der Waals surface area contributed by atoms with E-state index in [-0.39, 0.29) is 12.3 Å². The Bertz CT molecular complexity index is 254. The Kier molecular flexibility index (Phi) is 4.05. The molecule has 1 heterocycles. The third-order valence-electron chi connectivity index (χ3n) is 2.24. The standard InChI is InChI=1S/C9H16N2O4/c1-6(10)9(14)11-2-3-15-7(5-11)4-8(12)13/h6-7H,2-5,10H2,1H3,(H,12,13)/t6-,7?/m1/s1. The van der Waals surface area contributed by atoms with Crippen molar-refractivity contribution in [3.05, 3.63) is 0 Å². The number of nitrogens with two attached hydrogens (primary N) is 1. The summed E-state index contributed by atoms with van der Waals surface area (Å²) in [6, 6.07) is -0.548. The average molecular weight is 216 g/mol. The van der Waals surface area contributed by atoms with Crippen LogP contribution in [0.1, 0.15) is 13.3 Å². The molecule has 0 spiro atoms. The van der Waals surface area contributed by atoms with Gasteiger partial charge in [0.25, 0.3) is 0 Å². The van der Waals surface area contributed by atoms with E-state index in [9.17, 15) is 9.59 Å². The topological polar surface area (TPSA) is 92.9 Å². The van der Waals surface area contributed by atoms with Crippen LogP contribution in [0.5, 0.6) is 0 Å². The summed E-state index contributed by atoms with van der Waals surface area (Å²) in [6.07, 6.45) is -0.498. The first-order valence-electron chi connectivity index (χ1n) is 4.88. The second kappa shape index (κ2) is 5.09. The first-order chi connectivity index (χ1) is 7.00. The molecular weight excluding hydrogens is 200 g/mol. The molecular formula is C9H16N2O4.